The number of aromatic carboxylic acids is 1. The molecule has 1 saturated carbocycles. The Morgan fingerprint density at radius 3 is 2.70 bits per heavy atom. The van der Waals surface area contributed by atoms with Crippen LogP contribution in [-0.4, -0.2) is 41.7 Å². The highest BCUT2D eigenvalue weighted by atomic mass is 19.3. The second-order valence-corrected chi connectivity index (χ2v) is 5.29. The highest BCUT2D eigenvalue weighted by Crippen LogP contribution is 2.37. The van der Waals surface area contributed by atoms with E-state index in [2.05, 4.69) is 4.98 Å². The van der Waals surface area contributed by atoms with E-state index in [0.717, 1.165) is 12.8 Å². The fourth-order valence-corrected chi connectivity index (χ4v) is 2.06. The van der Waals surface area contributed by atoms with Gasteiger partial charge >= 0.3 is 5.97 Å². The fourth-order valence-electron chi connectivity index (χ4n) is 2.06. The first-order chi connectivity index (χ1) is 9.44. The van der Waals surface area contributed by atoms with Crippen molar-refractivity contribution in [3.8, 4) is 5.88 Å². The Bertz CT molecular complexity index is 538. The van der Waals surface area contributed by atoms with E-state index in [1.165, 1.54) is 17.0 Å². The molecule has 1 N–H and O–H groups in total. The van der Waals surface area contributed by atoms with Gasteiger partial charge < -0.3 is 14.7 Å². The van der Waals surface area contributed by atoms with Crippen molar-refractivity contribution in [2.24, 2.45) is 5.92 Å². The summed E-state index contributed by atoms with van der Waals surface area (Å²) in [6, 6.07) is 2.78. The minimum atomic E-state index is -2.70. The minimum absolute atomic E-state index is 0.132. The van der Waals surface area contributed by atoms with Crippen LogP contribution in [0.4, 0.5) is 14.5 Å². The van der Waals surface area contributed by atoms with Gasteiger partial charge in [-0.3, -0.25) is 0 Å². The van der Waals surface area contributed by atoms with Gasteiger partial charge in [-0.2, -0.15) is 0 Å². The Hall–Kier alpha value is -1.92. The second kappa shape index (κ2) is 4.57. The van der Waals surface area contributed by atoms with Crippen LogP contribution in [0.25, 0.3) is 0 Å². The molecule has 20 heavy (non-hydrogen) atoms. The Morgan fingerprint density at radius 2 is 2.15 bits per heavy atom. The highest BCUT2D eigenvalue weighted by Gasteiger charge is 2.45. The number of carboxylic acids is 1. The van der Waals surface area contributed by atoms with Gasteiger partial charge in [0.05, 0.1) is 19.7 Å². The molecule has 0 atom stereocenters. The number of carbonyl (C=O) groups is 1. The lowest BCUT2D eigenvalue weighted by atomic mass is 10.1. The lowest BCUT2D eigenvalue weighted by Crippen LogP contribution is -2.56. The quantitative estimate of drug-likeness (QED) is 0.896. The van der Waals surface area contributed by atoms with Crippen LogP contribution < -0.4 is 9.64 Å². The van der Waals surface area contributed by atoms with Gasteiger partial charge in [-0.25, -0.2) is 18.6 Å². The van der Waals surface area contributed by atoms with E-state index < -0.39 is 11.9 Å². The first-order valence-electron chi connectivity index (χ1n) is 6.44. The summed E-state index contributed by atoms with van der Waals surface area (Å²) in [5.74, 6) is -3.26. The smallest absolute Gasteiger partial charge is 0.354 e. The van der Waals surface area contributed by atoms with E-state index in [1.807, 2.05) is 0 Å². The van der Waals surface area contributed by atoms with E-state index in [4.69, 9.17) is 9.84 Å². The summed E-state index contributed by atoms with van der Waals surface area (Å²) < 4.78 is 31.4. The van der Waals surface area contributed by atoms with Crippen LogP contribution in [0.15, 0.2) is 12.1 Å². The molecular formula is C13H14F2N2O3. The predicted molar refractivity (Wildman–Crippen MR) is 66.6 cm³/mol. The molecule has 2 fully saturated rings. The van der Waals surface area contributed by atoms with Crippen molar-refractivity contribution in [3.63, 3.8) is 0 Å². The monoisotopic (exact) mass is 284 g/mol. The number of ether oxygens (including phenoxy) is 1. The SMILES string of the molecule is O=C(O)c1ccc(N2CC(F)(F)C2)c(OCC2CC2)n1. The molecule has 1 saturated heterocycles. The zero-order chi connectivity index (χ0) is 14.3. The minimum Gasteiger partial charge on any atom is -0.477 e. The normalized spacial score (nSPS) is 20.4. The van der Waals surface area contributed by atoms with Gasteiger partial charge in [0.1, 0.15) is 5.69 Å². The number of carboxylic acid groups (broad SMARTS) is 1. The zero-order valence-electron chi connectivity index (χ0n) is 10.7. The molecule has 0 unspecified atom stereocenters. The number of pyridine rings is 1. The molecule has 7 heteroatoms. The summed E-state index contributed by atoms with van der Waals surface area (Å²) >= 11 is 0. The summed E-state index contributed by atoms with van der Waals surface area (Å²) in [7, 11) is 0. The van der Waals surface area contributed by atoms with Crippen LogP contribution in [0, 0.1) is 5.92 Å². The Balaban J connectivity index is 1.81. The largest absolute Gasteiger partial charge is 0.477 e. The molecule has 1 aliphatic carbocycles. The highest BCUT2D eigenvalue weighted by molar-refractivity contribution is 5.86. The lowest BCUT2D eigenvalue weighted by molar-refractivity contribution is -0.0265. The average Bonchev–Trinajstić information content (AvgIpc) is 3.17. The summed E-state index contributed by atoms with van der Waals surface area (Å²) in [5, 5.41) is 8.93. The van der Waals surface area contributed by atoms with Crippen LogP contribution in [-0.2, 0) is 0 Å². The Labute approximate surface area is 114 Å². The predicted octanol–water partition coefficient (Wildman–Crippen LogP) is 2.02. The van der Waals surface area contributed by atoms with Crippen molar-refractivity contribution in [3.05, 3.63) is 17.8 Å². The van der Waals surface area contributed by atoms with Crippen molar-refractivity contribution in [1.82, 2.24) is 4.98 Å². The topological polar surface area (TPSA) is 62.7 Å². The number of aromatic nitrogens is 1. The van der Waals surface area contributed by atoms with Crippen LogP contribution in [0.1, 0.15) is 23.3 Å². The molecule has 2 heterocycles. The molecule has 1 aliphatic heterocycles. The second-order valence-electron chi connectivity index (χ2n) is 5.29. The Morgan fingerprint density at radius 1 is 1.45 bits per heavy atom. The zero-order valence-corrected chi connectivity index (χ0v) is 10.7. The van der Waals surface area contributed by atoms with Crippen LogP contribution in [0.2, 0.25) is 0 Å². The summed E-state index contributed by atoms with van der Waals surface area (Å²) in [6.07, 6.45) is 2.16. The van der Waals surface area contributed by atoms with E-state index >= 15 is 0 Å². The van der Waals surface area contributed by atoms with Gasteiger partial charge in [-0.1, -0.05) is 0 Å². The number of rotatable bonds is 5. The number of hydrogen-bond donors (Lipinski definition) is 1. The third-order valence-corrected chi connectivity index (χ3v) is 3.40. The molecule has 0 radical (unpaired) electrons. The third kappa shape index (κ3) is 2.66. The van der Waals surface area contributed by atoms with Crippen molar-refractivity contribution >= 4 is 11.7 Å². The molecule has 1 aromatic heterocycles. The Kier molecular flexibility index (Phi) is 2.99. The van der Waals surface area contributed by atoms with Gasteiger partial charge in [-0.15, -0.1) is 0 Å². The maximum atomic E-state index is 12.9. The standard InChI is InChI=1S/C13H14F2N2O3/c14-13(15)6-17(7-13)10-4-3-9(12(18)19)16-11(10)20-5-8-1-2-8/h3-4,8H,1-2,5-7H2,(H,18,19). The summed E-state index contributed by atoms with van der Waals surface area (Å²) in [4.78, 5) is 16.3. The molecule has 5 nitrogen and oxygen atoms in total. The maximum absolute atomic E-state index is 12.9. The number of halogens is 2. The van der Waals surface area contributed by atoms with Gasteiger partial charge in [0, 0.05) is 0 Å². The first kappa shape index (κ1) is 13.1. The number of nitrogens with zero attached hydrogens (tertiary/aromatic N) is 2. The molecule has 1 aromatic rings. The van der Waals surface area contributed by atoms with Crippen molar-refractivity contribution in [2.75, 3.05) is 24.6 Å². The van der Waals surface area contributed by atoms with Crippen LogP contribution >= 0.6 is 0 Å². The van der Waals surface area contributed by atoms with Gasteiger partial charge in [-0.05, 0) is 30.9 Å². The van der Waals surface area contributed by atoms with Gasteiger partial charge in [0.15, 0.2) is 5.69 Å². The van der Waals surface area contributed by atoms with Crippen molar-refractivity contribution in [2.45, 2.75) is 18.8 Å². The summed E-state index contributed by atoms with van der Waals surface area (Å²) in [5.41, 5.74) is 0.286. The van der Waals surface area contributed by atoms with E-state index in [0.29, 0.717) is 18.2 Å². The molecule has 0 spiro atoms. The molecule has 2 aliphatic rings. The van der Waals surface area contributed by atoms with Crippen LogP contribution in [0.3, 0.4) is 0 Å². The van der Waals surface area contributed by atoms with E-state index in [1.54, 1.807) is 0 Å². The lowest BCUT2D eigenvalue weighted by Gasteiger charge is -2.40. The number of alkyl halides is 2. The summed E-state index contributed by atoms with van der Waals surface area (Å²) in [6.45, 7) is -0.324. The molecule has 0 aromatic carbocycles. The third-order valence-electron chi connectivity index (χ3n) is 3.40. The van der Waals surface area contributed by atoms with Gasteiger partial charge in [0.2, 0.25) is 5.88 Å². The average molecular weight is 284 g/mol. The van der Waals surface area contributed by atoms with Gasteiger partial charge in [0.25, 0.3) is 5.92 Å². The molecule has 108 valence electrons. The molecule has 0 bridgehead atoms. The first-order valence-corrected chi connectivity index (χ1v) is 6.44. The van der Waals surface area contributed by atoms with Crippen molar-refractivity contribution in [1.29, 1.82) is 0 Å². The van der Waals surface area contributed by atoms with E-state index in [9.17, 15) is 13.6 Å². The maximum Gasteiger partial charge on any atom is 0.354 e. The molecule has 0 amide bonds. The number of anilines is 1. The van der Waals surface area contributed by atoms with Crippen LogP contribution in [0.5, 0.6) is 5.88 Å². The number of hydrogen-bond acceptors (Lipinski definition) is 4. The van der Waals surface area contributed by atoms with E-state index in [-0.39, 0.29) is 24.7 Å². The van der Waals surface area contributed by atoms with Crippen molar-refractivity contribution < 1.29 is 23.4 Å². The fraction of sp³-hybridized carbons (Fsp3) is 0.538. The molecule has 3 rings (SSSR count). The molecular weight excluding hydrogens is 270 g/mol.